The lowest BCUT2D eigenvalue weighted by Crippen LogP contribution is -2.62. The minimum absolute atomic E-state index is 0.260. The van der Waals surface area contributed by atoms with Gasteiger partial charge in [-0.15, -0.1) is 0 Å². The van der Waals surface area contributed by atoms with Gasteiger partial charge in [-0.25, -0.2) is 0 Å². The molecule has 104 valence electrons. The van der Waals surface area contributed by atoms with E-state index >= 15 is 0 Å². The van der Waals surface area contributed by atoms with Crippen molar-refractivity contribution in [1.29, 1.82) is 0 Å². The Morgan fingerprint density at radius 1 is 1.21 bits per heavy atom. The first-order valence-corrected chi connectivity index (χ1v) is 7.58. The van der Waals surface area contributed by atoms with Crippen LogP contribution >= 0.6 is 0 Å². The summed E-state index contributed by atoms with van der Waals surface area (Å²) in [7, 11) is 0. The molecule has 2 aliphatic rings. The molecule has 1 saturated carbocycles. The van der Waals surface area contributed by atoms with Crippen LogP contribution < -0.4 is 5.32 Å². The van der Waals surface area contributed by atoms with Gasteiger partial charge in [-0.05, 0) is 45.1 Å². The van der Waals surface area contributed by atoms with E-state index in [1.807, 2.05) is 0 Å². The number of hydrogen-bond donors (Lipinski definition) is 1. The van der Waals surface area contributed by atoms with Crippen LogP contribution in [0.15, 0.2) is 24.3 Å². The summed E-state index contributed by atoms with van der Waals surface area (Å²) in [5, 5.41) is 3.75. The number of piperazine rings is 1. The maximum atomic E-state index is 3.75. The van der Waals surface area contributed by atoms with Crippen LogP contribution in [0.2, 0.25) is 0 Å². The van der Waals surface area contributed by atoms with Crippen LogP contribution in [-0.2, 0) is 6.54 Å². The van der Waals surface area contributed by atoms with Crippen molar-refractivity contribution in [3.05, 3.63) is 35.4 Å². The summed E-state index contributed by atoms with van der Waals surface area (Å²) in [4.78, 5) is 2.66. The van der Waals surface area contributed by atoms with E-state index in [9.17, 15) is 0 Å². The van der Waals surface area contributed by atoms with E-state index in [-0.39, 0.29) is 5.54 Å². The fourth-order valence-electron chi connectivity index (χ4n) is 3.05. The minimum Gasteiger partial charge on any atom is -0.311 e. The van der Waals surface area contributed by atoms with Crippen molar-refractivity contribution in [3.8, 4) is 0 Å². The standard InChI is InChI=1S/C17H26N2/c1-13-4-6-14(7-5-13)10-19-11-16(15-8-9-15)18-12-17(19,2)3/h4-7,15-16,18H,8-12H2,1-3H3. The zero-order valence-electron chi connectivity index (χ0n) is 12.4. The molecule has 0 spiro atoms. The molecule has 1 atom stereocenters. The molecule has 0 aromatic heterocycles. The highest BCUT2D eigenvalue weighted by molar-refractivity contribution is 5.21. The second-order valence-electron chi connectivity index (χ2n) is 7.00. The van der Waals surface area contributed by atoms with Gasteiger partial charge in [-0.1, -0.05) is 29.8 Å². The highest BCUT2D eigenvalue weighted by Gasteiger charge is 2.40. The van der Waals surface area contributed by atoms with Crippen LogP contribution in [0.25, 0.3) is 0 Å². The van der Waals surface area contributed by atoms with Gasteiger partial charge < -0.3 is 5.32 Å². The average molecular weight is 258 g/mol. The Morgan fingerprint density at radius 3 is 2.53 bits per heavy atom. The zero-order chi connectivity index (χ0) is 13.5. The molecule has 2 nitrogen and oxygen atoms in total. The van der Waals surface area contributed by atoms with E-state index in [0.29, 0.717) is 0 Å². The molecule has 1 aromatic carbocycles. The Kier molecular flexibility index (Phi) is 3.40. The van der Waals surface area contributed by atoms with Gasteiger partial charge in [-0.2, -0.15) is 0 Å². The third kappa shape index (κ3) is 3.01. The van der Waals surface area contributed by atoms with Gasteiger partial charge in [0, 0.05) is 31.2 Å². The van der Waals surface area contributed by atoms with Crippen LogP contribution in [0.1, 0.15) is 37.8 Å². The van der Waals surface area contributed by atoms with Crippen LogP contribution in [-0.4, -0.2) is 29.6 Å². The molecule has 2 fully saturated rings. The third-order valence-corrected chi connectivity index (χ3v) is 4.76. The van der Waals surface area contributed by atoms with Crippen molar-refractivity contribution >= 4 is 0 Å². The summed E-state index contributed by atoms with van der Waals surface area (Å²) in [6, 6.07) is 9.73. The Balaban J connectivity index is 1.70. The van der Waals surface area contributed by atoms with E-state index in [2.05, 4.69) is 55.3 Å². The molecule has 1 aliphatic heterocycles. The Morgan fingerprint density at radius 2 is 1.89 bits per heavy atom. The maximum absolute atomic E-state index is 3.75. The molecule has 1 aliphatic carbocycles. The van der Waals surface area contributed by atoms with Gasteiger partial charge in [0.15, 0.2) is 0 Å². The molecule has 0 radical (unpaired) electrons. The van der Waals surface area contributed by atoms with E-state index < -0.39 is 0 Å². The summed E-state index contributed by atoms with van der Waals surface area (Å²) in [5.74, 6) is 0.941. The Labute approximate surface area is 117 Å². The van der Waals surface area contributed by atoms with E-state index in [0.717, 1.165) is 25.0 Å². The molecule has 1 heterocycles. The van der Waals surface area contributed by atoms with Gasteiger partial charge in [0.2, 0.25) is 0 Å². The van der Waals surface area contributed by atoms with Crippen LogP contribution in [0.4, 0.5) is 0 Å². The lowest BCUT2D eigenvalue weighted by atomic mass is 9.95. The average Bonchev–Trinajstić information content (AvgIpc) is 3.19. The number of benzene rings is 1. The number of hydrogen-bond acceptors (Lipinski definition) is 2. The molecule has 3 rings (SSSR count). The largest absolute Gasteiger partial charge is 0.311 e. The first-order chi connectivity index (χ1) is 9.04. The lowest BCUT2D eigenvalue weighted by Gasteiger charge is -2.46. The van der Waals surface area contributed by atoms with Crippen molar-refractivity contribution in [2.45, 2.75) is 51.7 Å². The zero-order valence-corrected chi connectivity index (χ0v) is 12.4. The second kappa shape index (κ2) is 4.92. The normalized spacial score (nSPS) is 27.4. The predicted molar refractivity (Wildman–Crippen MR) is 80.2 cm³/mol. The van der Waals surface area contributed by atoms with Gasteiger partial charge >= 0.3 is 0 Å². The summed E-state index contributed by atoms with van der Waals surface area (Å²) in [6.45, 7) is 10.3. The van der Waals surface area contributed by atoms with E-state index in [4.69, 9.17) is 0 Å². The first-order valence-electron chi connectivity index (χ1n) is 7.58. The van der Waals surface area contributed by atoms with Gasteiger partial charge in [-0.3, -0.25) is 4.90 Å². The number of nitrogens with one attached hydrogen (secondary N) is 1. The highest BCUT2D eigenvalue weighted by atomic mass is 15.3. The maximum Gasteiger partial charge on any atom is 0.0281 e. The van der Waals surface area contributed by atoms with E-state index in [1.165, 1.54) is 30.5 Å². The van der Waals surface area contributed by atoms with Crippen LogP contribution in [0, 0.1) is 12.8 Å². The smallest absolute Gasteiger partial charge is 0.0281 e. The third-order valence-electron chi connectivity index (χ3n) is 4.76. The minimum atomic E-state index is 0.260. The first kappa shape index (κ1) is 13.1. The topological polar surface area (TPSA) is 15.3 Å². The molecule has 0 amide bonds. The number of rotatable bonds is 3. The molecule has 19 heavy (non-hydrogen) atoms. The highest BCUT2D eigenvalue weighted by Crippen LogP contribution is 2.36. The quantitative estimate of drug-likeness (QED) is 0.896. The number of aryl methyl sites for hydroxylation is 1. The van der Waals surface area contributed by atoms with Crippen molar-refractivity contribution in [3.63, 3.8) is 0 Å². The molecular formula is C17H26N2. The summed E-state index contributed by atoms with van der Waals surface area (Å²) in [6.07, 6.45) is 2.85. The summed E-state index contributed by atoms with van der Waals surface area (Å²) >= 11 is 0. The molecule has 1 N–H and O–H groups in total. The van der Waals surface area contributed by atoms with Gasteiger partial charge in [0.05, 0.1) is 0 Å². The summed E-state index contributed by atoms with van der Waals surface area (Å²) < 4.78 is 0. The monoisotopic (exact) mass is 258 g/mol. The summed E-state index contributed by atoms with van der Waals surface area (Å²) in [5.41, 5.74) is 3.05. The predicted octanol–water partition coefficient (Wildman–Crippen LogP) is 2.96. The lowest BCUT2D eigenvalue weighted by molar-refractivity contribution is 0.0534. The van der Waals surface area contributed by atoms with Crippen molar-refractivity contribution in [2.24, 2.45) is 5.92 Å². The molecule has 0 bridgehead atoms. The van der Waals surface area contributed by atoms with Gasteiger partial charge in [0.25, 0.3) is 0 Å². The van der Waals surface area contributed by atoms with Crippen LogP contribution in [0.5, 0.6) is 0 Å². The Hall–Kier alpha value is -0.860. The van der Waals surface area contributed by atoms with Crippen molar-refractivity contribution < 1.29 is 0 Å². The molecular weight excluding hydrogens is 232 g/mol. The molecule has 1 aromatic rings. The number of nitrogens with zero attached hydrogens (tertiary/aromatic N) is 1. The Bertz CT molecular complexity index is 431. The fourth-order valence-corrected chi connectivity index (χ4v) is 3.05. The fraction of sp³-hybridized carbons (Fsp3) is 0.647. The van der Waals surface area contributed by atoms with Crippen molar-refractivity contribution in [1.82, 2.24) is 10.2 Å². The molecule has 1 unspecified atom stereocenters. The van der Waals surface area contributed by atoms with Gasteiger partial charge in [0.1, 0.15) is 0 Å². The molecule has 2 heteroatoms. The SMILES string of the molecule is Cc1ccc(CN2CC(C3CC3)NCC2(C)C)cc1. The molecule has 1 saturated heterocycles. The van der Waals surface area contributed by atoms with Crippen molar-refractivity contribution in [2.75, 3.05) is 13.1 Å². The van der Waals surface area contributed by atoms with Crippen LogP contribution in [0.3, 0.4) is 0 Å². The van der Waals surface area contributed by atoms with E-state index in [1.54, 1.807) is 0 Å². The second-order valence-corrected chi connectivity index (χ2v) is 7.00.